The van der Waals surface area contributed by atoms with Gasteiger partial charge in [0.1, 0.15) is 13.2 Å². The van der Waals surface area contributed by atoms with Crippen LogP contribution in [0.3, 0.4) is 0 Å². The molecule has 0 saturated carbocycles. The zero-order valence-electron chi connectivity index (χ0n) is 26.7. The van der Waals surface area contributed by atoms with Crippen molar-refractivity contribution < 1.29 is 23.5 Å². The van der Waals surface area contributed by atoms with Gasteiger partial charge in [-0.05, 0) is 45.2 Å². The normalized spacial score (nSPS) is 11.4. The summed E-state index contributed by atoms with van der Waals surface area (Å²) in [6.07, 6.45) is 19.1. The first kappa shape index (κ1) is 35.9. The van der Waals surface area contributed by atoms with Crippen LogP contribution in [-0.4, -0.2) is 55.9 Å². The summed E-state index contributed by atoms with van der Waals surface area (Å²) in [4.78, 5) is 24.9. The second-order valence-corrected chi connectivity index (χ2v) is 11.6. The molecule has 0 aliphatic heterocycles. The number of para-hydroxylation sites is 1. The number of hydrogen-bond acceptors (Lipinski definition) is 4. The van der Waals surface area contributed by atoms with E-state index in [9.17, 15) is 9.59 Å². The number of benzene rings is 1. The van der Waals surface area contributed by atoms with Crippen molar-refractivity contribution in [3.8, 4) is 0 Å². The fourth-order valence-electron chi connectivity index (χ4n) is 5.33. The number of rotatable bonds is 24. The predicted octanol–water partition coefficient (Wildman–Crippen LogP) is 9.12. The van der Waals surface area contributed by atoms with Crippen molar-refractivity contribution in [3.63, 3.8) is 0 Å². The maximum atomic E-state index is 12.9. The summed E-state index contributed by atoms with van der Waals surface area (Å²) in [6, 6.07) is 6.00. The first-order valence-corrected chi connectivity index (χ1v) is 16.4. The number of unbranched alkanes of at least 4 members (excludes halogenated alkanes) is 14. The van der Waals surface area contributed by atoms with Crippen molar-refractivity contribution in [2.24, 2.45) is 0 Å². The lowest BCUT2D eigenvalue weighted by atomic mass is 10.0. The van der Waals surface area contributed by atoms with Crippen LogP contribution in [0.25, 0.3) is 0 Å². The van der Waals surface area contributed by atoms with E-state index in [1.54, 1.807) is 0 Å². The molecule has 1 aromatic carbocycles. The van der Waals surface area contributed by atoms with Gasteiger partial charge in [0, 0.05) is 5.69 Å². The molecule has 0 unspecified atom stereocenters. The Morgan fingerprint density at radius 1 is 0.675 bits per heavy atom. The molecule has 0 aliphatic rings. The van der Waals surface area contributed by atoms with E-state index in [1.165, 1.54) is 83.5 Å². The molecule has 0 fully saturated rings. The first-order chi connectivity index (χ1) is 19.4. The highest BCUT2D eigenvalue weighted by atomic mass is 16.7. The van der Waals surface area contributed by atoms with E-state index in [-0.39, 0.29) is 12.5 Å². The van der Waals surface area contributed by atoms with Crippen molar-refractivity contribution in [2.45, 2.75) is 131 Å². The molecule has 1 N–H and O–H groups in total. The molecule has 1 aromatic rings. The maximum absolute atomic E-state index is 12.9. The van der Waals surface area contributed by atoms with Crippen LogP contribution >= 0.6 is 0 Å². The number of nitrogens with one attached hydrogen (secondary N) is 1. The third-order valence-corrected chi connectivity index (χ3v) is 8.32. The summed E-state index contributed by atoms with van der Waals surface area (Å²) in [5, 5.41) is 3.09. The van der Waals surface area contributed by atoms with Crippen LogP contribution in [0.1, 0.15) is 128 Å². The lowest BCUT2D eigenvalue weighted by molar-refractivity contribution is -0.917. The lowest BCUT2D eigenvalue weighted by Gasteiger charge is -2.35. The molecule has 0 spiro atoms. The summed E-state index contributed by atoms with van der Waals surface area (Å²) in [5.74, 6) is -0.0168. The Bertz CT molecular complexity index is 787. The molecule has 0 saturated heterocycles. The number of nitrogens with zero attached hydrogens (tertiary/aromatic N) is 1. The fourth-order valence-corrected chi connectivity index (χ4v) is 5.33. The summed E-state index contributed by atoms with van der Waals surface area (Å²) >= 11 is 0. The number of quaternary nitrogens is 1. The van der Waals surface area contributed by atoms with Crippen LogP contribution < -0.4 is 5.32 Å². The molecular weight excluding hydrogens is 500 g/mol. The summed E-state index contributed by atoms with van der Waals surface area (Å²) in [7, 11) is 0. The van der Waals surface area contributed by atoms with E-state index >= 15 is 0 Å². The Kier molecular flexibility index (Phi) is 20.3. The van der Waals surface area contributed by atoms with Gasteiger partial charge in [-0.1, -0.05) is 115 Å². The van der Waals surface area contributed by atoms with Crippen molar-refractivity contribution in [1.82, 2.24) is 0 Å². The molecule has 1 amide bonds. The molecule has 1 rings (SSSR count). The average molecular weight is 562 g/mol. The van der Waals surface area contributed by atoms with Gasteiger partial charge in [-0.2, -0.15) is 0 Å². The number of carbonyl (C=O) groups excluding carboxylic acids is 2. The minimum atomic E-state index is -0.601. The van der Waals surface area contributed by atoms with Crippen LogP contribution in [0.5, 0.6) is 0 Å². The molecule has 40 heavy (non-hydrogen) atoms. The topological polar surface area (TPSA) is 64.6 Å². The van der Waals surface area contributed by atoms with Crippen LogP contribution in [0.4, 0.5) is 10.5 Å². The number of likely N-dealkylation sites (N-methyl/N-ethyl adjacent to an activating group) is 1. The Labute approximate surface area is 246 Å². The molecule has 6 nitrogen and oxygen atoms in total. The molecule has 6 heteroatoms. The zero-order chi connectivity index (χ0) is 29.5. The van der Waals surface area contributed by atoms with E-state index in [2.05, 4.69) is 26.1 Å². The molecule has 0 radical (unpaired) electrons. The van der Waals surface area contributed by atoms with Gasteiger partial charge in [-0.3, -0.25) is 4.79 Å². The number of anilines is 1. The van der Waals surface area contributed by atoms with Gasteiger partial charge < -0.3 is 19.3 Å². The number of hydrogen-bond donors (Lipinski definition) is 1. The number of aryl methyl sites for hydroxylation is 2. The number of amides is 1. The van der Waals surface area contributed by atoms with E-state index < -0.39 is 6.16 Å². The van der Waals surface area contributed by atoms with Gasteiger partial charge in [0.2, 0.25) is 0 Å². The van der Waals surface area contributed by atoms with Gasteiger partial charge in [-0.15, -0.1) is 0 Å². The third-order valence-electron chi connectivity index (χ3n) is 8.32. The highest BCUT2D eigenvalue weighted by molar-refractivity contribution is 5.93. The van der Waals surface area contributed by atoms with Crippen LogP contribution in [0, 0.1) is 13.8 Å². The molecular formula is C34H61N2O4+. The molecule has 230 valence electrons. The number of carbonyl (C=O) groups is 2. The predicted molar refractivity (Wildman–Crippen MR) is 168 cm³/mol. The SMILES string of the molecule is CCCCCCCCCCCCCCCCCOC(=O)OCC[N+](CC)(CC)CC(=O)Nc1c(C)cccc1C. The Balaban J connectivity index is 2.09. The second-order valence-electron chi connectivity index (χ2n) is 11.6. The maximum Gasteiger partial charge on any atom is 0.508 e. The van der Waals surface area contributed by atoms with Crippen molar-refractivity contribution in [2.75, 3.05) is 44.7 Å². The molecule has 0 heterocycles. The third kappa shape index (κ3) is 16.2. The van der Waals surface area contributed by atoms with Gasteiger partial charge >= 0.3 is 6.16 Å². The molecule has 0 atom stereocenters. The fraction of sp³-hybridized carbons (Fsp3) is 0.765. The van der Waals surface area contributed by atoms with Crippen molar-refractivity contribution in [3.05, 3.63) is 29.3 Å². The molecule has 0 aromatic heterocycles. The van der Waals surface area contributed by atoms with E-state index in [4.69, 9.17) is 9.47 Å². The summed E-state index contributed by atoms with van der Waals surface area (Å²) in [6.45, 7) is 13.6. The molecule has 0 aliphatic carbocycles. The zero-order valence-corrected chi connectivity index (χ0v) is 26.7. The monoisotopic (exact) mass is 561 g/mol. The second kappa shape index (κ2) is 22.6. The lowest BCUT2D eigenvalue weighted by Crippen LogP contribution is -2.54. The van der Waals surface area contributed by atoms with Crippen LogP contribution in [0.15, 0.2) is 18.2 Å². The van der Waals surface area contributed by atoms with Gasteiger partial charge in [-0.25, -0.2) is 4.79 Å². The summed E-state index contributed by atoms with van der Waals surface area (Å²) < 4.78 is 11.2. The smallest absolute Gasteiger partial charge is 0.434 e. The first-order valence-electron chi connectivity index (χ1n) is 16.4. The Hall–Kier alpha value is -2.08. The summed E-state index contributed by atoms with van der Waals surface area (Å²) in [5.41, 5.74) is 3.00. The van der Waals surface area contributed by atoms with Gasteiger partial charge in [0.25, 0.3) is 5.91 Å². The van der Waals surface area contributed by atoms with Crippen molar-refractivity contribution >= 4 is 17.7 Å². The quantitative estimate of drug-likeness (QED) is 0.0776. The largest absolute Gasteiger partial charge is 0.508 e. The van der Waals surface area contributed by atoms with Crippen molar-refractivity contribution in [1.29, 1.82) is 0 Å². The molecule has 0 bridgehead atoms. The Morgan fingerprint density at radius 2 is 1.12 bits per heavy atom. The van der Waals surface area contributed by atoms with E-state index in [1.807, 2.05) is 32.0 Å². The minimum absolute atomic E-state index is 0.0168. The highest BCUT2D eigenvalue weighted by Crippen LogP contribution is 2.20. The van der Waals surface area contributed by atoms with E-state index in [0.717, 1.165) is 42.7 Å². The highest BCUT2D eigenvalue weighted by Gasteiger charge is 2.28. The number of ether oxygens (including phenoxy) is 2. The van der Waals surface area contributed by atoms with E-state index in [0.29, 0.717) is 24.2 Å². The average Bonchev–Trinajstić information content (AvgIpc) is 2.94. The van der Waals surface area contributed by atoms with Gasteiger partial charge in [0.15, 0.2) is 6.54 Å². The van der Waals surface area contributed by atoms with Crippen LogP contribution in [0.2, 0.25) is 0 Å². The standard InChI is InChI=1S/C34H60N2O4/c1-6-9-10-11-12-13-14-15-16-17-18-19-20-21-22-27-39-34(38)40-28-26-36(7-2,8-3)29-32(37)35-33-30(4)24-23-25-31(33)5/h23-25H,6-22,26-29H2,1-5H3/p+1. The Morgan fingerprint density at radius 3 is 1.60 bits per heavy atom. The van der Waals surface area contributed by atoms with Crippen LogP contribution in [-0.2, 0) is 14.3 Å². The minimum Gasteiger partial charge on any atom is -0.434 e. The van der Waals surface area contributed by atoms with Gasteiger partial charge in [0.05, 0.1) is 19.7 Å².